The first-order chi connectivity index (χ1) is 25.4. The summed E-state index contributed by atoms with van der Waals surface area (Å²) in [5.41, 5.74) is 0.0554. The van der Waals surface area contributed by atoms with Gasteiger partial charge in [0, 0.05) is 21.9 Å². The molecule has 0 unspecified atom stereocenters. The average molecular weight is 910 g/mol. The van der Waals surface area contributed by atoms with E-state index in [4.69, 9.17) is 0 Å². The summed E-state index contributed by atoms with van der Waals surface area (Å²) in [5.74, 6) is -0.635. The Hall–Kier alpha value is -5.17. The second kappa shape index (κ2) is 17.1. The monoisotopic (exact) mass is 910 g/mol. The summed E-state index contributed by atoms with van der Waals surface area (Å²) < 4.78 is 67.6. The number of phenols is 2. The van der Waals surface area contributed by atoms with Crippen LogP contribution in [0.15, 0.2) is 127 Å². The number of azo groups is 2. The number of para-hydroxylation sites is 2. The van der Waals surface area contributed by atoms with Gasteiger partial charge < -0.3 is 19.3 Å². The number of nitro benzene ring substituents is 2. The Morgan fingerprint density at radius 3 is 1.22 bits per heavy atom. The third-order valence-electron chi connectivity index (χ3n) is 7.78. The van der Waals surface area contributed by atoms with E-state index in [1.807, 2.05) is 0 Å². The number of hydrogen-bond donors (Lipinski definition) is 2. The van der Waals surface area contributed by atoms with Crippen LogP contribution in [0.5, 0.6) is 11.5 Å². The number of hydrogen-bond acceptors (Lipinski definition) is 16. The van der Waals surface area contributed by atoms with E-state index >= 15 is 0 Å². The van der Waals surface area contributed by atoms with Gasteiger partial charge in [0.1, 0.15) is 43.1 Å². The molecule has 6 aromatic rings. The predicted molar refractivity (Wildman–Crippen MR) is 197 cm³/mol. The first kappa shape index (κ1) is 42.6. The Bertz CT molecular complexity index is 2610. The van der Waals surface area contributed by atoms with Crippen LogP contribution in [0.25, 0.3) is 21.5 Å². The maximum absolute atomic E-state index is 11.3. The van der Waals surface area contributed by atoms with Crippen LogP contribution in [-0.2, 0) is 20.2 Å². The van der Waals surface area contributed by atoms with E-state index in [1.54, 1.807) is 38.1 Å². The zero-order valence-corrected chi connectivity index (χ0v) is 34.5. The molecule has 21 heteroatoms. The van der Waals surface area contributed by atoms with Gasteiger partial charge in [0.15, 0.2) is 11.4 Å². The minimum absolute atomic E-state index is 0. The van der Waals surface area contributed by atoms with E-state index in [9.17, 15) is 56.4 Å². The maximum Gasteiger partial charge on any atom is 2.00 e. The van der Waals surface area contributed by atoms with Crippen LogP contribution in [0.3, 0.4) is 0 Å². The number of phenolic OH excluding ortho intramolecular Hbond substituents is 2. The van der Waals surface area contributed by atoms with Gasteiger partial charge in [-0.1, -0.05) is 48.5 Å². The summed E-state index contributed by atoms with van der Waals surface area (Å²) in [5, 5.41) is 59.5. The van der Waals surface area contributed by atoms with E-state index in [0.29, 0.717) is 21.9 Å². The Balaban J connectivity index is 0.000000240. The molecule has 18 nitrogen and oxygen atoms in total. The van der Waals surface area contributed by atoms with Gasteiger partial charge in [-0.25, -0.2) is 16.8 Å². The van der Waals surface area contributed by atoms with Gasteiger partial charge in [-0.2, -0.15) is 0 Å². The SMILES string of the molecule is Cc1cccc(N=Nc2c(O)ccc3ccc(S(=O)(=O)[O-])cc23)c1[N+](=O)[O-].Cc1cccc(N=Nc2c(O)ccc3ccc(S(=O)(=O)[O-])cc23)c1[N+](=O)[O-].[Ba+2]. The van der Waals surface area contributed by atoms with E-state index in [-0.39, 0.29) is 105 Å². The van der Waals surface area contributed by atoms with E-state index in [2.05, 4.69) is 20.5 Å². The maximum atomic E-state index is 11.3. The van der Waals surface area contributed by atoms with Crippen molar-refractivity contribution in [1.29, 1.82) is 0 Å². The zero-order valence-electron chi connectivity index (χ0n) is 28.4. The van der Waals surface area contributed by atoms with Gasteiger partial charge in [0.25, 0.3) is 11.4 Å². The minimum Gasteiger partial charge on any atom is -0.744 e. The van der Waals surface area contributed by atoms with E-state index < -0.39 is 39.9 Å². The molecule has 0 aliphatic heterocycles. The van der Waals surface area contributed by atoms with Crippen LogP contribution in [0.4, 0.5) is 34.1 Å². The molecule has 0 spiro atoms. The number of nitrogens with zero attached hydrogens (tertiary/aromatic N) is 6. The molecule has 0 aromatic heterocycles. The second-order valence-corrected chi connectivity index (χ2v) is 14.1. The molecule has 0 saturated heterocycles. The first-order valence-corrected chi connectivity index (χ1v) is 17.9. The molecule has 0 aliphatic carbocycles. The molecule has 0 aliphatic rings. The molecule has 276 valence electrons. The molecule has 0 heterocycles. The van der Waals surface area contributed by atoms with Crippen molar-refractivity contribution in [3.05, 3.63) is 128 Å². The fourth-order valence-corrected chi connectivity index (χ4v) is 6.19. The summed E-state index contributed by atoms with van der Waals surface area (Å²) >= 11 is 0. The summed E-state index contributed by atoms with van der Waals surface area (Å²) in [6.07, 6.45) is 0. The van der Waals surface area contributed by atoms with Crippen molar-refractivity contribution in [3.8, 4) is 11.5 Å². The number of aromatic hydroxyl groups is 2. The third kappa shape index (κ3) is 9.75. The molecule has 55 heavy (non-hydrogen) atoms. The normalized spacial score (nSPS) is 11.7. The Labute approximate surface area is 351 Å². The summed E-state index contributed by atoms with van der Waals surface area (Å²) in [6.45, 7) is 3.11. The average Bonchev–Trinajstić information content (AvgIpc) is 3.09. The number of aryl methyl sites for hydroxylation is 2. The Morgan fingerprint density at radius 2 is 0.891 bits per heavy atom. The molecule has 2 N–H and O–H groups in total. The van der Waals surface area contributed by atoms with Crippen molar-refractivity contribution in [2.75, 3.05) is 0 Å². The molecular weight excluding hydrogens is 886 g/mol. The zero-order chi connectivity index (χ0) is 39.5. The molecule has 0 amide bonds. The first-order valence-electron chi connectivity index (χ1n) is 15.1. The van der Waals surface area contributed by atoms with Crippen molar-refractivity contribution in [2.45, 2.75) is 23.6 Å². The standard InChI is InChI=1S/2C17H13N3O6S.Ba/c2*1-10-3-2-4-14(17(10)20(22)23)18-19-16-13-9-12(27(24,25)26)7-5-11(13)6-8-15(16)21;/h2*2-9,21H,1H3,(H,24,25,26);/q;;+2/p-2. The molecule has 0 radical (unpaired) electrons. The fraction of sp³-hybridized carbons (Fsp3) is 0.0588. The Morgan fingerprint density at radius 1 is 0.545 bits per heavy atom. The fourth-order valence-electron chi connectivity index (χ4n) is 5.20. The molecule has 6 aromatic carbocycles. The third-order valence-corrected chi connectivity index (χ3v) is 9.44. The van der Waals surface area contributed by atoms with Crippen molar-refractivity contribution in [1.82, 2.24) is 0 Å². The van der Waals surface area contributed by atoms with Crippen molar-refractivity contribution >= 4 is 125 Å². The number of rotatable bonds is 8. The summed E-state index contributed by atoms with van der Waals surface area (Å²) in [7, 11) is -9.42. The molecule has 6 rings (SSSR count). The van der Waals surface area contributed by atoms with Gasteiger partial charge >= 0.3 is 48.9 Å². The molecule has 0 bridgehead atoms. The largest absolute Gasteiger partial charge is 2.00 e. The van der Waals surface area contributed by atoms with Gasteiger partial charge in [-0.05, 0) is 73.2 Å². The molecule has 0 saturated carbocycles. The van der Waals surface area contributed by atoms with Crippen LogP contribution < -0.4 is 0 Å². The van der Waals surface area contributed by atoms with Crippen LogP contribution >= 0.6 is 0 Å². The van der Waals surface area contributed by atoms with Gasteiger partial charge in [0.05, 0.1) is 19.6 Å². The van der Waals surface area contributed by atoms with Crippen LogP contribution in [0.2, 0.25) is 0 Å². The van der Waals surface area contributed by atoms with Gasteiger partial charge in [-0.15, -0.1) is 20.5 Å². The number of benzene rings is 6. The van der Waals surface area contributed by atoms with Crippen LogP contribution in [-0.4, -0.2) is 94.9 Å². The van der Waals surface area contributed by atoms with Crippen LogP contribution in [0.1, 0.15) is 11.1 Å². The summed E-state index contributed by atoms with van der Waals surface area (Å²) in [4.78, 5) is 20.3. The van der Waals surface area contributed by atoms with Crippen molar-refractivity contribution in [2.24, 2.45) is 20.5 Å². The van der Waals surface area contributed by atoms with E-state index in [1.165, 1.54) is 48.5 Å². The number of nitro groups is 2. The van der Waals surface area contributed by atoms with Crippen molar-refractivity contribution < 1.29 is 46.0 Å². The van der Waals surface area contributed by atoms with Crippen molar-refractivity contribution in [3.63, 3.8) is 0 Å². The quantitative estimate of drug-likeness (QED) is 0.0486. The molecule has 0 fully saturated rings. The minimum atomic E-state index is -4.71. The number of fused-ring (bicyclic) bond motifs is 2. The summed E-state index contributed by atoms with van der Waals surface area (Å²) in [6, 6.07) is 22.0. The van der Waals surface area contributed by atoms with Crippen LogP contribution in [0, 0.1) is 34.1 Å². The Kier molecular flexibility index (Phi) is 13.2. The predicted octanol–water partition coefficient (Wildman–Crippen LogP) is 7.78. The van der Waals surface area contributed by atoms with Gasteiger partial charge in [0.2, 0.25) is 0 Å². The molecule has 0 atom stereocenters. The van der Waals surface area contributed by atoms with Gasteiger partial charge in [-0.3, -0.25) is 20.2 Å². The molecular formula is C34H24BaN6O12S2. The van der Waals surface area contributed by atoms with E-state index in [0.717, 1.165) is 24.3 Å². The smallest absolute Gasteiger partial charge is 0.744 e. The second-order valence-electron chi connectivity index (χ2n) is 11.3. The topological polar surface area (TPSA) is 291 Å².